The van der Waals surface area contributed by atoms with Crippen LogP contribution in [0.4, 0.5) is 0 Å². The molecule has 0 radical (unpaired) electrons. The minimum atomic E-state index is -0.383. The molecule has 8 nitrogen and oxygen atoms in total. The number of hydrogen-bond donors (Lipinski definition) is 2. The summed E-state index contributed by atoms with van der Waals surface area (Å²) in [7, 11) is 1.34. The first-order chi connectivity index (χ1) is 12.6. The molecular weight excluding hydrogens is 336 g/mol. The average molecular weight is 356 g/mol. The molecule has 0 spiro atoms. The lowest BCUT2D eigenvalue weighted by Crippen LogP contribution is -2.21. The molecule has 0 aliphatic heterocycles. The predicted octanol–water partition coefficient (Wildman–Crippen LogP) is 1.54. The summed E-state index contributed by atoms with van der Waals surface area (Å²) in [6.07, 6.45) is 1.53. The third-order valence-corrected chi connectivity index (χ3v) is 3.16. The molecule has 0 fully saturated rings. The number of benzene rings is 2. The fourth-order valence-corrected chi connectivity index (χ4v) is 1.94. The second-order valence-corrected chi connectivity index (χ2v) is 5.05. The second-order valence-electron chi connectivity index (χ2n) is 5.05. The van der Waals surface area contributed by atoms with Crippen LogP contribution in [0.3, 0.4) is 0 Å². The van der Waals surface area contributed by atoms with Gasteiger partial charge in [0, 0.05) is 0 Å². The van der Waals surface area contributed by atoms with E-state index in [9.17, 15) is 4.79 Å². The summed E-state index contributed by atoms with van der Waals surface area (Å²) >= 11 is 0. The zero-order chi connectivity index (χ0) is 18.8. The molecule has 0 bridgehead atoms. The van der Waals surface area contributed by atoms with E-state index in [1.165, 1.54) is 13.3 Å². The van der Waals surface area contributed by atoms with E-state index in [2.05, 4.69) is 14.9 Å². The zero-order valence-electron chi connectivity index (χ0n) is 14.3. The van der Waals surface area contributed by atoms with Crippen molar-refractivity contribution in [2.45, 2.75) is 0 Å². The van der Waals surface area contributed by atoms with Crippen molar-refractivity contribution in [3.63, 3.8) is 0 Å². The Morgan fingerprint density at radius 3 is 2.00 bits per heavy atom. The minimum absolute atomic E-state index is 0.0962. The van der Waals surface area contributed by atoms with Gasteiger partial charge in [0.2, 0.25) is 5.96 Å². The molecule has 2 rings (SSSR count). The van der Waals surface area contributed by atoms with E-state index in [0.717, 1.165) is 5.56 Å². The quantitative estimate of drug-likeness (QED) is 0.243. The number of ether oxygens (including phenoxy) is 3. The molecule has 2 aromatic rings. The zero-order valence-corrected chi connectivity index (χ0v) is 14.3. The summed E-state index contributed by atoms with van der Waals surface area (Å²) in [5.41, 5.74) is 11.7. The highest BCUT2D eigenvalue weighted by Gasteiger charge is 2.04. The Balaban J connectivity index is 1.75. The van der Waals surface area contributed by atoms with Gasteiger partial charge in [0.25, 0.3) is 0 Å². The van der Waals surface area contributed by atoms with Crippen LogP contribution in [0.1, 0.15) is 15.9 Å². The van der Waals surface area contributed by atoms with E-state index >= 15 is 0 Å². The molecule has 2 aromatic carbocycles. The van der Waals surface area contributed by atoms with Gasteiger partial charge in [0.1, 0.15) is 24.7 Å². The summed E-state index contributed by atoms with van der Waals surface area (Å²) in [5.74, 6) is 0.869. The Kier molecular flexibility index (Phi) is 6.99. The summed E-state index contributed by atoms with van der Waals surface area (Å²) in [5, 5.41) is 7.25. The van der Waals surface area contributed by atoms with E-state index < -0.39 is 0 Å². The van der Waals surface area contributed by atoms with Crippen LogP contribution in [0.5, 0.6) is 11.5 Å². The molecule has 0 aliphatic carbocycles. The van der Waals surface area contributed by atoms with Gasteiger partial charge in [-0.3, -0.25) is 0 Å². The van der Waals surface area contributed by atoms with Crippen molar-refractivity contribution in [2.24, 2.45) is 21.7 Å². The van der Waals surface area contributed by atoms with Gasteiger partial charge >= 0.3 is 5.97 Å². The average Bonchev–Trinajstić information content (AvgIpc) is 2.66. The lowest BCUT2D eigenvalue weighted by Gasteiger charge is -2.09. The Hall–Kier alpha value is -3.55. The Labute approximate surface area is 151 Å². The van der Waals surface area contributed by atoms with Gasteiger partial charge in [-0.2, -0.15) is 5.10 Å². The van der Waals surface area contributed by atoms with E-state index in [-0.39, 0.29) is 11.9 Å². The number of hydrogen-bond acceptors (Lipinski definition) is 6. The molecule has 0 saturated carbocycles. The van der Waals surface area contributed by atoms with Gasteiger partial charge in [0.05, 0.1) is 18.9 Å². The predicted molar refractivity (Wildman–Crippen MR) is 98.6 cm³/mol. The van der Waals surface area contributed by atoms with Crippen molar-refractivity contribution >= 4 is 18.1 Å². The number of guanidine groups is 1. The minimum Gasteiger partial charge on any atom is -0.490 e. The van der Waals surface area contributed by atoms with Crippen LogP contribution < -0.4 is 20.9 Å². The van der Waals surface area contributed by atoms with Gasteiger partial charge in [-0.1, -0.05) is 0 Å². The van der Waals surface area contributed by atoms with Gasteiger partial charge < -0.3 is 25.7 Å². The largest absolute Gasteiger partial charge is 0.490 e. The molecule has 0 amide bonds. The van der Waals surface area contributed by atoms with Crippen LogP contribution in [0, 0.1) is 0 Å². The first-order valence-electron chi connectivity index (χ1n) is 7.74. The molecule has 0 heterocycles. The normalized spacial score (nSPS) is 10.3. The Morgan fingerprint density at radius 2 is 1.50 bits per heavy atom. The Bertz CT molecular complexity index is 767. The molecule has 136 valence electrons. The van der Waals surface area contributed by atoms with Crippen molar-refractivity contribution in [1.82, 2.24) is 0 Å². The van der Waals surface area contributed by atoms with Crippen LogP contribution >= 0.6 is 0 Å². The molecule has 0 atom stereocenters. The number of methoxy groups -OCH3 is 1. The molecule has 0 saturated heterocycles. The summed E-state index contributed by atoms with van der Waals surface area (Å²) in [6.45, 7) is 0.742. The second kappa shape index (κ2) is 9.67. The monoisotopic (exact) mass is 356 g/mol. The SMILES string of the molecule is COC(=O)c1ccc(OCCOc2ccc(C=NN=C(N)N)cc2)cc1. The molecule has 4 N–H and O–H groups in total. The fourth-order valence-electron chi connectivity index (χ4n) is 1.94. The maximum absolute atomic E-state index is 11.3. The number of carbonyl (C=O) groups is 1. The van der Waals surface area contributed by atoms with Crippen molar-refractivity contribution in [3.8, 4) is 11.5 Å². The molecule has 0 unspecified atom stereocenters. The highest BCUT2D eigenvalue weighted by molar-refractivity contribution is 5.89. The van der Waals surface area contributed by atoms with Crippen LogP contribution in [-0.4, -0.2) is 38.5 Å². The highest BCUT2D eigenvalue weighted by atomic mass is 16.5. The maximum Gasteiger partial charge on any atom is 0.337 e. The summed E-state index contributed by atoms with van der Waals surface area (Å²) in [4.78, 5) is 11.3. The smallest absolute Gasteiger partial charge is 0.337 e. The van der Waals surface area contributed by atoms with Crippen LogP contribution in [0.15, 0.2) is 58.7 Å². The van der Waals surface area contributed by atoms with Crippen molar-refractivity contribution in [3.05, 3.63) is 59.7 Å². The lowest BCUT2D eigenvalue weighted by molar-refractivity contribution is 0.0600. The third-order valence-electron chi connectivity index (χ3n) is 3.16. The van der Waals surface area contributed by atoms with Crippen LogP contribution in [0.2, 0.25) is 0 Å². The van der Waals surface area contributed by atoms with Gasteiger partial charge in [0.15, 0.2) is 0 Å². The van der Waals surface area contributed by atoms with E-state index in [1.807, 2.05) is 24.3 Å². The number of nitrogens with two attached hydrogens (primary N) is 2. The number of nitrogens with zero attached hydrogens (tertiary/aromatic N) is 2. The molecular formula is C18H20N4O4. The fraction of sp³-hybridized carbons (Fsp3) is 0.167. The molecule has 26 heavy (non-hydrogen) atoms. The van der Waals surface area contributed by atoms with Gasteiger partial charge in [-0.15, -0.1) is 5.10 Å². The number of carbonyl (C=O) groups excluding carboxylic acids is 1. The summed E-state index contributed by atoms with van der Waals surface area (Å²) < 4.78 is 15.8. The maximum atomic E-state index is 11.3. The topological polar surface area (TPSA) is 122 Å². The van der Waals surface area contributed by atoms with E-state index in [1.54, 1.807) is 24.3 Å². The summed E-state index contributed by atoms with van der Waals surface area (Å²) in [6, 6.07) is 14.0. The number of esters is 1. The number of rotatable bonds is 8. The Morgan fingerprint density at radius 1 is 0.962 bits per heavy atom. The van der Waals surface area contributed by atoms with E-state index in [4.69, 9.17) is 20.9 Å². The molecule has 0 aromatic heterocycles. The molecule has 0 aliphatic rings. The van der Waals surface area contributed by atoms with Crippen LogP contribution in [0.25, 0.3) is 0 Å². The van der Waals surface area contributed by atoms with Crippen molar-refractivity contribution in [1.29, 1.82) is 0 Å². The van der Waals surface area contributed by atoms with Gasteiger partial charge in [-0.25, -0.2) is 4.79 Å². The van der Waals surface area contributed by atoms with Crippen molar-refractivity contribution < 1.29 is 19.0 Å². The first-order valence-corrected chi connectivity index (χ1v) is 7.74. The first kappa shape index (κ1) is 18.8. The molecule has 8 heteroatoms. The van der Waals surface area contributed by atoms with Gasteiger partial charge in [-0.05, 0) is 54.1 Å². The standard InChI is InChI=1S/C18H20N4O4/c1-24-17(23)14-4-8-16(9-5-14)26-11-10-25-15-6-2-13(3-7-15)12-21-22-18(19)20/h2-9,12H,10-11H2,1H3,(H4,19,20,22). The highest BCUT2D eigenvalue weighted by Crippen LogP contribution is 2.14. The van der Waals surface area contributed by atoms with Crippen molar-refractivity contribution in [2.75, 3.05) is 20.3 Å². The van der Waals surface area contributed by atoms with Crippen LogP contribution in [-0.2, 0) is 4.74 Å². The van der Waals surface area contributed by atoms with E-state index in [0.29, 0.717) is 30.3 Å². The third kappa shape index (κ3) is 6.16. The lowest BCUT2D eigenvalue weighted by atomic mass is 10.2.